The van der Waals surface area contributed by atoms with Crippen LogP contribution in [-0.2, 0) is 4.79 Å². The van der Waals surface area contributed by atoms with Gasteiger partial charge in [-0.15, -0.1) is 0 Å². The Morgan fingerprint density at radius 1 is 1.00 bits per heavy atom. The second kappa shape index (κ2) is 10.5. The highest BCUT2D eigenvalue weighted by molar-refractivity contribution is 6.33. The van der Waals surface area contributed by atoms with E-state index in [9.17, 15) is 14.4 Å². The van der Waals surface area contributed by atoms with Gasteiger partial charge < -0.3 is 15.1 Å². The monoisotopic (exact) mass is 479 g/mol. The molecule has 2 amide bonds. The van der Waals surface area contributed by atoms with Gasteiger partial charge in [-0.3, -0.25) is 14.4 Å². The van der Waals surface area contributed by atoms with Gasteiger partial charge in [0.25, 0.3) is 11.5 Å². The molecule has 3 aromatic rings. The molecule has 2 heterocycles. The van der Waals surface area contributed by atoms with E-state index in [-0.39, 0.29) is 35.4 Å². The highest BCUT2D eigenvalue weighted by Crippen LogP contribution is 2.23. The second-order valence-corrected chi connectivity index (χ2v) is 8.46. The number of piperazine rings is 1. The fourth-order valence-electron chi connectivity index (χ4n) is 3.96. The Labute approximate surface area is 202 Å². The number of anilines is 1. The lowest BCUT2D eigenvalue weighted by Gasteiger charge is -2.36. The molecule has 0 bridgehead atoms. The minimum Gasteiger partial charge on any atom is -0.365 e. The van der Waals surface area contributed by atoms with Gasteiger partial charge in [-0.05, 0) is 30.7 Å². The van der Waals surface area contributed by atoms with Gasteiger partial charge >= 0.3 is 0 Å². The van der Waals surface area contributed by atoms with Crippen molar-refractivity contribution in [3.8, 4) is 5.69 Å². The highest BCUT2D eigenvalue weighted by atomic mass is 35.5. The van der Waals surface area contributed by atoms with Crippen molar-refractivity contribution >= 4 is 29.1 Å². The molecule has 1 saturated heterocycles. The van der Waals surface area contributed by atoms with Crippen LogP contribution >= 0.6 is 11.6 Å². The van der Waals surface area contributed by atoms with Crippen LogP contribution in [0.1, 0.15) is 22.3 Å². The molecule has 1 aliphatic heterocycles. The topological polar surface area (TPSA) is 87.5 Å². The number of hydrogen-bond donors (Lipinski definition) is 1. The molecule has 1 aromatic heterocycles. The minimum absolute atomic E-state index is 0.0200. The average Bonchev–Trinajstić information content (AvgIpc) is 2.86. The fourth-order valence-corrected chi connectivity index (χ4v) is 4.21. The third-order valence-electron chi connectivity index (χ3n) is 5.89. The van der Waals surface area contributed by atoms with Crippen molar-refractivity contribution in [2.24, 2.45) is 0 Å². The number of rotatable bonds is 6. The first-order valence-electron chi connectivity index (χ1n) is 11.2. The number of aromatic nitrogens is 2. The number of carbonyl (C=O) groups excluding carboxylic acids is 2. The van der Waals surface area contributed by atoms with E-state index in [4.69, 9.17) is 11.6 Å². The maximum absolute atomic E-state index is 12.7. The summed E-state index contributed by atoms with van der Waals surface area (Å²) < 4.78 is 1.27. The number of benzene rings is 2. The van der Waals surface area contributed by atoms with Crippen molar-refractivity contribution in [3.05, 3.63) is 87.3 Å². The zero-order valence-electron chi connectivity index (χ0n) is 18.9. The molecule has 176 valence electrons. The van der Waals surface area contributed by atoms with Crippen molar-refractivity contribution < 1.29 is 9.59 Å². The lowest BCUT2D eigenvalue weighted by atomic mass is 10.1. The van der Waals surface area contributed by atoms with Gasteiger partial charge in [0.2, 0.25) is 5.91 Å². The van der Waals surface area contributed by atoms with Crippen LogP contribution in [-0.4, -0.2) is 59.2 Å². The maximum atomic E-state index is 12.7. The first kappa shape index (κ1) is 23.5. The lowest BCUT2D eigenvalue weighted by molar-refractivity contribution is -0.131. The Morgan fingerprint density at radius 3 is 2.38 bits per heavy atom. The first-order valence-corrected chi connectivity index (χ1v) is 11.5. The van der Waals surface area contributed by atoms with Crippen molar-refractivity contribution in [2.45, 2.75) is 13.3 Å². The van der Waals surface area contributed by atoms with Crippen molar-refractivity contribution in [2.75, 3.05) is 37.6 Å². The number of hydrogen-bond acceptors (Lipinski definition) is 5. The molecule has 0 aliphatic carbocycles. The van der Waals surface area contributed by atoms with Crippen molar-refractivity contribution in [3.63, 3.8) is 0 Å². The number of nitrogens with one attached hydrogen (secondary N) is 1. The maximum Gasteiger partial charge on any atom is 0.292 e. The summed E-state index contributed by atoms with van der Waals surface area (Å²) in [4.78, 5) is 41.4. The summed E-state index contributed by atoms with van der Waals surface area (Å²) in [6.07, 6.45) is 1.82. The van der Waals surface area contributed by atoms with Crippen LogP contribution in [0.25, 0.3) is 5.69 Å². The van der Waals surface area contributed by atoms with E-state index in [0.717, 1.165) is 5.56 Å². The van der Waals surface area contributed by atoms with Crippen LogP contribution in [0.15, 0.2) is 65.6 Å². The molecule has 0 atom stereocenters. The molecule has 1 fully saturated rings. The summed E-state index contributed by atoms with van der Waals surface area (Å²) >= 11 is 6.40. The molecule has 2 aromatic carbocycles. The van der Waals surface area contributed by atoms with Crippen molar-refractivity contribution in [1.29, 1.82) is 0 Å². The number of aryl methyl sites for hydroxylation is 1. The standard InChI is InChI=1S/C25H26ClN5O3/c1-18-7-5-6-10-20(18)24(33)27-12-11-22(32)30-15-13-29(14-16-30)21-17-28-31(25(34)23(21)26)19-8-3-2-4-9-19/h2-10,17H,11-16H2,1H3,(H,27,33). The van der Waals surface area contributed by atoms with Crippen LogP contribution in [0, 0.1) is 6.92 Å². The van der Waals surface area contributed by atoms with Crippen LogP contribution in [0.5, 0.6) is 0 Å². The van der Waals surface area contributed by atoms with E-state index >= 15 is 0 Å². The average molecular weight is 480 g/mol. The normalized spacial score (nSPS) is 13.6. The van der Waals surface area contributed by atoms with E-state index in [0.29, 0.717) is 43.1 Å². The van der Waals surface area contributed by atoms with Gasteiger partial charge in [-0.25, -0.2) is 0 Å². The number of halogens is 1. The van der Waals surface area contributed by atoms with Gasteiger partial charge in [-0.1, -0.05) is 48.0 Å². The molecular formula is C25H26ClN5O3. The minimum atomic E-state index is -0.381. The summed E-state index contributed by atoms with van der Waals surface area (Å²) in [5, 5.41) is 7.21. The van der Waals surface area contributed by atoms with Gasteiger partial charge in [0.1, 0.15) is 5.02 Å². The van der Waals surface area contributed by atoms with Crippen LogP contribution in [0.4, 0.5) is 5.69 Å². The van der Waals surface area contributed by atoms with Gasteiger partial charge in [0.05, 0.1) is 17.6 Å². The lowest BCUT2D eigenvalue weighted by Crippen LogP contribution is -2.49. The summed E-state index contributed by atoms with van der Waals surface area (Å²) in [7, 11) is 0. The van der Waals surface area contributed by atoms with Crippen LogP contribution in [0.2, 0.25) is 5.02 Å². The Hall–Kier alpha value is -3.65. The fraction of sp³-hybridized carbons (Fsp3) is 0.280. The molecule has 8 nitrogen and oxygen atoms in total. The zero-order chi connectivity index (χ0) is 24.1. The molecule has 0 unspecified atom stereocenters. The summed E-state index contributed by atoms with van der Waals surface area (Å²) in [5.74, 6) is -0.198. The quantitative estimate of drug-likeness (QED) is 0.587. The number of nitrogens with zero attached hydrogens (tertiary/aromatic N) is 4. The van der Waals surface area contributed by atoms with E-state index < -0.39 is 0 Å². The molecule has 0 spiro atoms. The largest absolute Gasteiger partial charge is 0.365 e. The summed E-state index contributed by atoms with van der Waals surface area (Å²) in [6, 6.07) is 16.4. The van der Waals surface area contributed by atoms with Crippen LogP contribution < -0.4 is 15.8 Å². The van der Waals surface area contributed by atoms with E-state index in [1.807, 2.05) is 48.2 Å². The Balaban J connectivity index is 1.30. The van der Waals surface area contributed by atoms with Gasteiger partial charge in [0.15, 0.2) is 0 Å². The number of para-hydroxylation sites is 1. The smallest absolute Gasteiger partial charge is 0.292 e. The molecule has 0 radical (unpaired) electrons. The molecule has 4 rings (SSSR count). The third kappa shape index (κ3) is 5.12. The predicted molar refractivity (Wildman–Crippen MR) is 132 cm³/mol. The third-order valence-corrected chi connectivity index (χ3v) is 6.24. The zero-order valence-corrected chi connectivity index (χ0v) is 19.7. The SMILES string of the molecule is Cc1ccccc1C(=O)NCCC(=O)N1CCN(c2cnn(-c3ccccc3)c(=O)c2Cl)CC1. The molecular weight excluding hydrogens is 454 g/mol. The molecule has 34 heavy (non-hydrogen) atoms. The summed E-state index contributed by atoms with van der Waals surface area (Å²) in [5.41, 5.74) is 2.34. The Bertz CT molecular complexity index is 1240. The first-order chi connectivity index (χ1) is 16.5. The Morgan fingerprint density at radius 2 is 1.68 bits per heavy atom. The number of amides is 2. The van der Waals surface area contributed by atoms with Gasteiger partial charge in [0, 0.05) is 44.7 Å². The molecule has 0 saturated carbocycles. The second-order valence-electron chi connectivity index (χ2n) is 8.08. The summed E-state index contributed by atoms with van der Waals surface area (Å²) in [6.45, 7) is 4.24. The van der Waals surface area contributed by atoms with Gasteiger partial charge in [-0.2, -0.15) is 9.78 Å². The predicted octanol–water partition coefficient (Wildman–Crippen LogP) is 2.66. The van der Waals surface area contributed by atoms with E-state index in [1.54, 1.807) is 29.3 Å². The highest BCUT2D eigenvalue weighted by Gasteiger charge is 2.24. The molecule has 1 aliphatic rings. The molecule has 9 heteroatoms. The van der Waals surface area contributed by atoms with Crippen molar-refractivity contribution in [1.82, 2.24) is 20.0 Å². The van der Waals surface area contributed by atoms with E-state index in [1.165, 1.54) is 4.68 Å². The Kier molecular flexibility index (Phi) is 7.27. The van der Waals surface area contributed by atoms with Crippen LogP contribution in [0.3, 0.4) is 0 Å². The molecule has 1 N–H and O–H groups in total. The van der Waals surface area contributed by atoms with E-state index in [2.05, 4.69) is 10.4 Å². The number of carbonyl (C=O) groups is 2.